The lowest BCUT2D eigenvalue weighted by molar-refractivity contribution is -0.166. The Kier molecular flexibility index (Phi) is 6.81. The Bertz CT molecular complexity index is 466. The summed E-state index contributed by atoms with van der Waals surface area (Å²) in [6.07, 6.45) is 0.588. The fraction of sp³-hybridized carbons (Fsp3) is 0.778. The quantitative estimate of drug-likeness (QED) is 0.575. The molecule has 1 unspecified atom stereocenters. The molecular formula is C18H30O5. The van der Waals surface area contributed by atoms with E-state index in [9.17, 15) is 14.7 Å². The van der Waals surface area contributed by atoms with Crippen molar-refractivity contribution in [1.29, 1.82) is 0 Å². The van der Waals surface area contributed by atoms with Crippen LogP contribution < -0.4 is 0 Å². The van der Waals surface area contributed by atoms with Crippen LogP contribution in [0.5, 0.6) is 0 Å². The maximum absolute atomic E-state index is 12.3. The number of esters is 2. The number of aliphatic hydroxyl groups is 1. The number of cyclic esters (lactones) is 1. The number of hydrogen-bond donors (Lipinski definition) is 1. The van der Waals surface area contributed by atoms with E-state index in [1.807, 2.05) is 41.5 Å². The molecule has 0 aromatic rings. The zero-order valence-electron chi connectivity index (χ0n) is 15.1. The van der Waals surface area contributed by atoms with E-state index in [1.165, 1.54) is 0 Å². The summed E-state index contributed by atoms with van der Waals surface area (Å²) in [4.78, 5) is 24.0. The van der Waals surface area contributed by atoms with Gasteiger partial charge in [0.15, 0.2) is 5.60 Å². The first kappa shape index (κ1) is 19.7. The van der Waals surface area contributed by atoms with Crippen LogP contribution >= 0.6 is 0 Å². The van der Waals surface area contributed by atoms with Gasteiger partial charge in [-0.2, -0.15) is 0 Å². The molecule has 1 aliphatic heterocycles. The molecule has 0 bridgehead atoms. The number of aliphatic hydroxyl groups excluding tert-OH is 1. The molecule has 0 radical (unpaired) electrons. The number of ether oxygens (including phenoxy) is 2. The van der Waals surface area contributed by atoms with E-state index in [4.69, 9.17) is 9.47 Å². The lowest BCUT2D eigenvalue weighted by Gasteiger charge is -2.24. The van der Waals surface area contributed by atoms with Gasteiger partial charge in [-0.25, -0.2) is 4.79 Å². The van der Waals surface area contributed by atoms with Crippen LogP contribution in [-0.4, -0.2) is 35.9 Å². The first-order chi connectivity index (χ1) is 10.6. The summed E-state index contributed by atoms with van der Waals surface area (Å²) in [5.41, 5.74) is 0.511. The zero-order valence-corrected chi connectivity index (χ0v) is 15.1. The average Bonchev–Trinajstić information content (AvgIpc) is 2.73. The average molecular weight is 326 g/mol. The lowest BCUT2D eigenvalue weighted by atomic mass is 9.85. The largest absolute Gasteiger partial charge is 0.461 e. The highest BCUT2D eigenvalue weighted by Crippen LogP contribution is 2.37. The molecule has 5 nitrogen and oxygen atoms in total. The number of carbonyl (C=O) groups excluding carboxylic acids is 2. The van der Waals surface area contributed by atoms with Crippen LogP contribution in [0, 0.1) is 17.8 Å². The number of rotatable bonds is 7. The molecule has 0 aromatic carbocycles. The van der Waals surface area contributed by atoms with Gasteiger partial charge in [0.2, 0.25) is 0 Å². The number of hydrogen-bond acceptors (Lipinski definition) is 5. The van der Waals surface area contributed by atoms with Crippen molar-refractivity contribution in [1.82, 2.24) is 0 Å². The van der Waals surface area contributed by atoms with Gasteiger partial charge in [-0.15, -0.1) is 0 Å². The monoisotopic (exact) mass is 326 g/mol. The van der Waals surface area contributed by atoms with E-state index in [-0.39, 0.29) is 43.4 Å². The van der Waals surface area contributed by atoms with Crippen LogP contribution in [0.4, 0.5) is 0 Å². The van der Waals surface area contributed by atoms with Gasteiger partial charge in [0.25, 0.3) is 0 Å². The summed E-state index contributed by atoms with van der Waals surface area (Å²) in [7, 11) is 0. The lowest BCUT2D eigenvalue weighted by Crippen LogP contribution is -2.39. The Hall–Kier alpha value is -1.36. The second kappa shape index (κ2) is 7.95. The molecule has 132 valence electrons. The molecule has 0 amide bonds. The van der Waals surface area contributed by atoms with Crippen LogP contribution in [0.25, 0.3) is 0 Å². The number of allylic oxidation sites excluding steroid dienone is 1. The van der Waals surface area contributed by atoms with Crippen LogP contribution in [0.2, 0.25) is 0 Å². The third-order valence-corrected chi connectivity index (χ3v) is 4.01. The van der Waals surface area contributed by atoms with E-state index >= 15 is 0 Å². The van der Waals surface area contributed by atoms with Gasteiger partial charge in [-0.1, -0.05) is 47.1 Å². The highest BCUT2D eigenvalue weighted by molar-refractivity contribution is 5.92. The molecule has 5 heteroatoms. The first-order valence-corrected chi connectivity index (χ1v) is 8.34. The smallest absolute Gasteiger partial charge is 0.334 e. The van der Waals surface area contributed by atoms with E-state index in [1.54, 1.807) is 0 Å². The summed E-state index contributed by atoms with van der Waals surface area (Å²) in [5.74, 6) is -0.112. The van der Waals surface area contributed by atoms with Crippen molar-refractivity contribution in [2.75, 3.05) is 13.2 Å². The predicted octanol–water partition coefficient (Wildman–Crippen LogP) is 2.86. The standard InChI is InChI=1S/C18H30O5/c1-11(2)7-15(20)22-10-18(9-19)8-14(17(21)23-18)16(12(3)4)13(5)6/h11-13,19H,7-10H2,1-6H3. The van der Waals surface area contributed by atoms with Gasteiger partial charge < -0.3 is 14.6 Å². The van der Waals surface area contributed by atoms with E-state index in [0.717, 1.165) is 5.57 Å². The van der Waals surface area contributed by atoms with Crippen molar-refractivity contribution in [3.05, 3.63) is 11.1 Å². The predicted molar refractivity (Wildman–Crippen MR) is 87.6 cm³/mol. The topological polar surface area (TPSA) is 72.8 Å². The molecule has 1 atom stereocenters. The summed E-state index contributed by atoms with van der Waals surface area (Å²) in [6.45, 7) is 11.5. The van der Waals surface area contributed by atoms with Gasteiger partial charge in [0, 0.05) is 18.4 Å². The molecule has 1 fully saturated rings. The van der Waals surface area contributed by atoms with E-state index in [2.05, 4.69) is 0 Å². The maximum Gasteiger partial charge on any atom is 0.334 e. The Morgan fingerprint density at radius 3 is 2.22 bits per heavy atom. The SMILES string of the molecule is CC(C)CC(=O)OCC1(CO)CC(=C(C(C)C)C(C)C)C(=O)O1. The minimum atomic E-state index is -1.14. The molecule has 1 saturated heterocycles. The Balaban J connectivity index is 2.93. The molecule has 0 aliphatic carbocycles. The molecule has 1 aliphatic rings. The molecule has 0 spiro atoms. The second-order valence-electron chi connectivity index (χ2n) is 7.41. The Morgan fingerprint density at radius 1 is 1.22 bits per heavy atom. The molecule has 1 rings (SSSR count). The second-order valence-corrected chi connectivity index (χ2v) is 7.41. The van der Waals surface area contributed by atoms with Crippen molar-refractivity contribution in [2.45, 2.75) is 60.0 Å². The molecule has 0 aromatic heterocycles. The van der Waals surface area contributed by atoms with Crippen LogP contribution in [0.3, 0.4) is 0 Å². The van der Waals surface area contributed by atoms with E-state index in [0.29, 0.717) is 12.0 Å². The van der Waals surface area contributed by atoms with Crippen LogP contribution in [-0.2, 0) is 19.1 Å². The summed E-state index contributed by atoms with van der Waals surface area (Å²) < 4.78 is 10.7. The Labute approximate surface area is 139 Å². The first-order valence-electron chi connectivity index (χ1n) is 8.34. The summed E-state index contributed by atoms with van der Waals surface area (Å²) in [6, 6.07) is 0. The third kappa shape index (κ3) is 5.06. The Morgan fingerprint density at radius 2 is 1.78 bits per heavy atom. The summed E-state index contributed by atoms with van der Waals surface area (Å²) in [5, 5.41) is 9.71. The van der Waals surface area contributed by atoms with Crippen LogP contribution in [0.1, 0.15) is 54.4 Å². The third-order valence-electron chi connectivity index (χ3n) is 4.01. The summed E-state index contributed by atoms with van der Waals surface area (Å²) >= 11 is 0. The van der Waals surface area contributed by atoms with Crippen molar-refractivity contribution >= 4 is 11.9 Å². The van der Waals surface area contributed by atoms with Gasteiger partial charge >= 0.3 is 11.9 Å². The zero-order chi connectivity index (χ0) is 17.8. The molecular weight excluding hydrogens is 296 g/mol. The number of carbonyl (C=O) groups is 2. The normalized spacial score (nSPS) is 21.3. The minimum Gasteiger partial charge on any atom is -0.461 e. The maximum atomic E-state index is 12.3. The van der Waals surface area contributed by atoms with E-state index < -0.39 is 11.6 Å². The highest BCUT2D eigenvalue weighted by atomic mass is 16.6. The minimum absolute atomic E-state index is 0.103. The molecule has 23 heavy (non-hydrogen) atoms. The highest BCUT2D eigenvalue weighted by Gasteiger charge is 2.46. The van der Waals surface area contributed by atoms with Crippen LogP contribution in [0.15, 0.2) is 11.1 Å². The van der Waals surface area contributed by atoms with Gasteiger partial charge in [0.05, 0.1) is 6.61 Å². The fourth-order valence-electron chi connectivity index (χ4n) is 3.09. The van der Waals surface area contributed by atoms with Gasteiger partial charge in [-0.3, -0.25) is 4.79 Å². The van der Waals surface area contributed by atoms with Crippen molar-refractivity contribution < 1.29 is 24.2 Å². The fourth-order valence-corrected chi connectivity index (χ4v) is 3.09. The van der Waals surface area contributed by atoms with Crippen molar-refractivity contribution in [3.63, 3.8) is 0 Å². The molecule has 1 heterocycles. The van der Waals surface area contributed by atoms with Crippen molar-refractivity contribution in [2.24, 2.45) is 17.8 Å². The van der Waals surface area contributed by atoms with Gasteiger partial charge in [-0.05, 0) is 17.8 Å². The van der Waals surface area contributed by atoms with Crippen molar-refractivity contribution in [3.8, 4) is 0 Å². The van der Waals surface area contributed by atoms with Gasteiger partial charge in [0.1, 0.15) is 6.61 Å². The molecule has 0 saturated carbocycles. The molecule has 1 N–H and O–H groups in total.